The van der Waals surface area contributed by atoms with Crippen molar-refractivity contribution < 1.29 is 22.6 Å². The molecule has 0 fully saturated rings. The fourth-order valence-electron chi connectivity index (χ4n) is 2.12. The Labute approximate surface area is 124 Å². The van der Waals surface area contributed by atoms with Crippen LogP contribution in [-0.2, 0) is 5.60 Å². The molecule has 2 heterocycles. The van der Waals surface area contributed by atoms with Gasteiger partial charge in [-0.05, 0) is 0 Å². The Kier molecular flexibility index (Phi) is 3.25. The zero-order valence-electron chi connectivity index (χ0n) is 11.2. The number of ether oxygens (including phenoxy) is 2. The molecular weight excluding hydrogens is 352 g/mol. The number of halogens is 3. The Bertz CT molecular complexity index is 682. The second kappa shape index (κ2) is 4.74. The Balaban J connectivity index is 1.94. The fraction of sp³-hybridized carbons (Fsp3) is 0.385. The van der Waals surface area contributed by atoms with Crippen molar-refractivity contribution in [2.75, 3.05) is 6.61 Å². The first-order valence-corrected chi connectivity index (χ1v) is 7.74. The van der Waals surface area contributed by atoms with Gasteiger partial charge >= 0.3 is 124 Å². The molecule has 0 radical (unpaired) electrons. The van der Waals surface area contributed by atoms with Crippen LogP contribution in [-0.4, -0.2) is 36.7 Å². The molecule has 0 aliphatic carbocycles. The molecular formula is C13H11F3N2O2Se. The van der Waals surface area contributed by atoms with E-state index in [9.17, 15) is 13.2 Å². The predicted octanol–water partition coefficient (Wildman–Crippen LogP) is 2.77. The van der Waals surface area contributed by atoms with Crippen molar-refractivity contribution in [2.45, 2.75) is 25.6 Å². The van der Waals surface area contributed by atoms with Crippen LogP contribution in [0.5, 0.6) is 11.5 Å². The average molecular weight is 363 g/mol. The summed E-state index contributed by atoms with van der Waals surface area (Å²) in [6.45, 7) is 2.46. The van der Waals surface area contributed by atoms with Gasteiger partial charge in [0.25, 0.3) is 0 Å². The van der Waals surface area contributed by atoms with Gasteiger partial charge in [0.05, 0.1) is 0 Å². The molecule has 21 heavy (non-hydrogen) atoms. The van der Waals surface area contributed by atoms with Gasteiger partial charge in [-0.15, -0.1) is 0 Å². The maximum atomic E-state index is 12.2. The Hall–Kier alpha value is -1.53. The first kappa shape index (κ1) is 14.4. The summed E-state index contributed by atoms with van der Waals surface area (Å²) in [7, 11) is 0. The summed E-state index contributed by atoms with van der Waals surface area (Å²) < 4.78 is 52.3. The molecule has 1 aromatic heterocycles. The van der Waals surface area contributed by atoms with Crippen LogP contribution in [0.25, 0.3) is 11.3 Å². The van der Waals surface area contributed by atoms with Crippen LogP contribution in [0.15, 0.2) is 18.2 Å². The standard InChI is InChI=1S/C13H11F3N2O2Se/c1-12(2)11-10(17-18-21-11)8-4-3-7(5-9(8)20-12)19-6-13(14,15)16/h3-5H,6H2,1-2H3. The Morgan fingerprint density at radius 1 is 1.33 bits per heavy atom. The van der Waals surface area contributed by atoms with Crippen molar-refractivity contribution >= 4 is 14.7 Å². The van der Waals surface area contributed by atoms with Gasteiger partial charge in [0.1, 0.15) is 0 Å². The number of alkyl halides is 3. The second-order valence-corrected chi connectivity index (χ2v) is 6.71. The number of benzene rings is 1. The summed E-state index contributed by atoms with van der Waals surface area (Å²) in [5.74, 6) is 0.585. The minimum atomic E-state index is -4.37. The third-order valence-corrected chi connectivity index (χ3v) is 5.17. The van der Waals surface area contributed by atoms with Gasteiger partial charge in [-0.2, -0.15) is 0 Å². The van der Waals surface area contributed by atoms with E-state index < -0.39 is 18.4 Å². The molecule has 0 bridgehead atoms. The summed E-state index contributed by atoms with van der Waals surface area (Å²) >= 11 is -0.0953. The van der Waals surface area contributed by atoms with Gasteiger partial charge in [-0.3, -0.25) is 0 Å². The van der Waals surface area contributed by atoms with Crippen LogP contribution in [0.2, 0.25) is 0 Å². The molecule has 2 aromatic rings. The zero-order valence-corrected chi connectivity index (χ0v) is 12.9. The minimum absolute atomic E-state index is 0.0953. The predicted molar refractivity (Wildman–Crippen MR) is 69.6 cm³/mol. The number of aromatic nitrogens is 2. The van der Waals surface area contributed by atoms with Crippen LogP contribution in [0.1, 0.15) is 18.3 Å². The zero-order chi connectivity index (χ0) is 15.3. The molecule has 1 aromatic carbocycles. The third-order valence-electron chi connectivity index (χ3n) is 3.01. The van der Waals surface area contributed by atoms with E-state index in [4.69, 9.17) is 9.47 Å². The maximum absolute atomic E-state index is 12.2. The Morgan fingerprint density at radius 3 is 2.81 bits per heavy atom. The van der Waals surface area contributed by atoms with E-state index in [2.05, 4.69) is 9.19 Å². The molecule has 0 atom stereocenters. The quantitative estimate of drug-likeness (QED) is 0.770. The number of fused-ring (bicyclic) bond motifs is 3. The Morgan fingerprint density at radius 2 is 2.10 bits per heavy atom. The fourth-order valence-corrected chi connectivity index (χ4v) is 3.60. The molecule has 1 aliphatic rings. The van der Waals surface area contributed by atoms with Crippen molar-refractivity contribution in [3.63, 3.8) is 0 Å². The second-order valence-electron chi connectivity index (χ2n) is 5.12. The van der Waals surface area contributed by atoms with Gasteiger partial charge in [0.15, 0.2) is 0 Å². The number of hydrogen-bond acceptors (Lipinski definition) is 4. The molecule has 1 aliphatic heterocycles. The first-order valence-electron chi connectivity index (χ1n) is 6.12. The average Bonchev–Trinajstić information content (AvgIpc) is 2.85. The number of rotatable bonds is 2. The third kappa shape index (κ3) is 2.78. The van der Waals surface area contributed by atoms with Crippen LogP contribution >= 0.6 is 0 Å². The van der Waals surface area contributed by atoms with Gasteiger partial charge in [0, 0.05) is 0 Å². The molecule has 8 heteroatoms. The summed E-state index contributed by atoms with van der Waals surface area (Å²) in [4.78, 5) is 0. The molecule has 0 saturated heterocycles. The van der Waals surface area contributed by atoms with Gasteiger partial charge in [-0.25, -0.2) is 0 Å². The van der Waals surface area contributed by atoms with E-state index in [0.717, 1.165) is 15.7 Å². The van der Waals surface area contributed by atoms with E-state index in [1.54, 1.807) is 6.07 Å². The normalized spacial score (nSPS) is 15.9. The molecule has 0 spiro atoms. The van der Waals surface area contributed by atoms with Gasteiger partial charge in [0.2, 0.25) is 0 Å². The van der Waals surface area contributed by atoms with Crippen LogP contribution in [0.4, 0.5) is 13.2 Å². The van der Waals surface area contributed by atoms with Crippen LogP contribution in [0, 0.1) is 0 Å². The SMILES string of the molecule is CC1(C)Oc2cc(OCC(F)(F)F)ccc2-c2nn[se]c21. The van der Waals surface area contributed by atoms with Crippen molar-refractivity contribution in [3.05, 3.63) is 22.6 Å². The molecule has 4 nitrogen and oxygen atoms in total. The molecule has 0 unspecified atom stereocenters. The van der Waals surface area contributed by atoms with E-state index in [-0.39, 0.29) is 20.5 Å². The van der Waals surface area contributed by atoms with Crippen LogP contribution in [0.3, 0.4) is 0 Å². The number of nitrogens with zero attached hydrogens (tertiary/aromatic N) is 2. The van der Waals surface area contributed by atoms with E-state index in [0.29, 0.717) is 5.75 Å². The molecule has 3 rings (SSSR count). The summed E-state index contributed by atoms with van der Waals surface area (Å²) in [6, 6.07) is 4.61. The van der Waals surface area contributed by atoms with Crippen LogP contribution < -0.4 is 9.47 Å². The van der Waals surface area contributed by atoms with Crippen molar-refractivity contribution in [2.24, 2.45) is 0 Å². The molecule has 0 amide bonds. The molecule has 112 valence electrons. The topological polar surface area (TPSA) is 44.2 Å². The summed E-state index contributed by atoms with van der Waals surface area (Å²) in [5, 5.41) is 4.14. The number of hydrogen-bond donors (Lipinski definition) is 0. The van der Waals surface area contributed by atoms with Crippen molar-refractivity contribution in [1.82, 2.24) is 9.19 Å². The van der Waals surface area contributed by atoms with E-state index in [1.165, 1.54) is 12.1 Å². The van der Waals surface area contributed by atoms with Gasteiger partial charge in [-0.1, -0.05) is 0 Å². The van der Waals surface area contributed by atoms with Crippen molar-refractivity contribution in [1.29, 1.82) is 0 Å². The van der Waals surface area contributed by atoms with E-state index >= 15 is 0 Å². The first-order chi connectivity index (χ1) is 9.76. The molecule has 0 N–H and O–H groups in total. The van der Waals surface area contributed by atoms with Gasteiger partial charge < -0.3 is 0 Å². The summed E-state index contributed by atoms with van der Waals surface area (Å²) in [5.41, 5.74) is 0.949. The van der Waals surface area contributed by atoms with Crippen molar-refractivity contribution in [3.8, 4) is 22.8 Å². The molecule has 0 saturated carbocycles. The monoisotopic (exact) mass is 364 g/mol. The summed E-state index contributed by atoms with van der Waals surface area (Å²) in [6.07, 6.45) is -4.37. The van der Waals surface area contributed by atoms with E-state index in [1.807, 2.05) is 13.8 Å².